The Hall–Kier alpha value is -2.51. The third-order valence-corrected chi connectivity index (χ3v) is 4.40. The van der Waals surface area contributed by atoms with Crippen LogP contribution in [-0.2, 0) is 4.74 Å². The topological polar surface area (TPSA) is 75.8 Å². The number of aromatic hydroxyl groups is 1. The largest absolute Gasteiger partial charge is 0.507 e. The third kappa shape index (κ3) is 3.84. The van der Waals surface area contributed by atoms with Gasteiger partial charge in [-0.1, -0.05) is 12.1 Å². The van der Waals surface area contributed by atoms with Crippen LogP contribution in [0.15, 0.2) is 36.4 Å². The van der Waals surface area contributed by atoms with Gasteiger partial charge in [0.15, 0.2) is 11.6 Å². The number of carbonyl (C=O) groups is 1. The van der Waals surface area contributed by atoms with Crippen molar-refractivity contribution in [2.75, 3.05) is 26.2 Å². The van der Waals surface area contributed by atoms with Gasteiger partial charge in [-0.3, -0.25) is 4.79 Å². The Morgan fingerprint density at radius 1 is 1.23 bits per heavy atom. The quantitative estimate of drug-likeness (QED) is 0.876. The zero-order valence-electron chi connectivity index (χ0n) is 14.1. The Balaban J connectivity index is 1.77. The molecule has 1 heterocycles. The van der Waals surface area contributed by atoms with E-state index in [-0.39, 0.29) is 23.3 Å². The minimum atomic E-state index is -1.11. The van der Waals surface area contributed by atoms with Crippen molar-refractivity contribution in [3.8, 4) is 16.9 Å². The summed E-state index contributed by atoms with van der Waals surface area (Å²) in [7, 11) is 0. The Labute approximate surface area is 150 Å². The second-order valence-corrected chi connectivity index (χ2v) is 6.18. The Bertz CT molecular complexity index is 794. The maximum absolute atomic E-state index is 13.4. The van der Waals surface area contributed by atoms with Gasteiger partial charge in [0.25, 0.3) is 5.91 Å². The predicted octanol–water partition coefficient (Wildman–Crippen LogP) is 2.53. The van der Waals surface area contributed by atoms with E-state index in [1.165, 1.54) is 0 Å². The van der Waals surface area contributed by atoms with Crippen molar-refractivity contribution < 1.29 is 23.4 Å². The third-order valence-electron chi connectivity index (χ3n) is 4.40. The highest BCUT2D eigenvalue weighted by atomic mass is 19.2. The summed E-state index contributed by atoms with van der Waals surface area (Å²) in [5.74, 6) is -2.65. The molecule has 0 unspecified atom stereocenters. The monoisotopic (exact) mass is 362 g/mol. The highest BCUT2D eigenvalue weighted by Gasteiger charge is 2.24. The number of phenols is 1. The van der Waals surface area contributed by atoms with Crippen LogP contribution in [0, 0.1) is 11.6 Å². The summed E-state index contributed by atoms with van der Waals surface area (Å²) in [5, 5.41) is 9.83. The number of hydrogen-bond acceptors (Lipinski definition) is 4. The summed E-state index contributed by atoms with van der Waals surface area (Å²) in [4.78, 5) is 14.4. The van der Waals surface area contributed by atoms with Gasteiger partial charge < -0.3 is 20.5 Å². The van der Waals surface area contributed by atoms with E-state index >= 15 is 0 Å². The van der Waals surface area contributed by atoms with Crippen molar-refractivity contribution in [3.05, 3.63) is 53.6 Å². The molecule has 0 aromatic heterocycles. The number of nitrogens with two attached hydrogens (primary N) is 1. The summed E-state index contributed by atoms with van der Waals surface area (Å²) in [6, 6.07) is 8.06. The number of halogens is 2. The van der Waals surface area contributed by atoms with Crippen molar-refractivity contribution >= 4 is 5.91 Å². The van der Waals surface area contributed by atoms with Crippen molar-refractivity contribution in [2.45, 2.75) is 12.5 Å². The molecule has 1 aliphatic heterocycles. The average molecular weight is 362 g/mol. The minimum absolute atomic E-state index is 0.0592. The van der Waals surface area contributed by atoms with Crippen molar-refractivity contribution in [3.63, 3.8) is 0 Å². The molecule has 1 atom stereocenters. The maximum Gasteiger partial charge on any atom is 0.254 e. The molecule has 2 aromatic carbocycles. The molecule has 1 amide bonds. The number of carbonyl (C=O) groups excluding carboxylic acids is 1. The fraction of sp³-hybridized carbons (Fsp3) is 0.316. The van der Waals surface area contributed by atoms with Gasteiger partial charge in [-0.25, -0.2) is 8.78 Å². The number of ether oxygens (including phenoxy) is 1. The van der Waals surface area contributed by atoms with Crippen LogP contribution in [0.1, 0.15) is 16.8 Å². The van der Waals surface area contributed by atoms with E-state index in [9.17, 15) is 18.7 Å². The first-order valence-electron chi connectivity index (χ1n) is 8.39. The van der Waals surface area contributed by atoms with Gasteiger partial charge in [0, 0.05) is 30.3 Å². The molecule has 138 valence electrons. The second-order valence-electron chi connectivity index (χ2n) is 6.18. The van der Waals surface area contributed by atoms with Crippen molar-refractivity contribution in [2.24, 2.45) is 5.73 Å². The fourth-order valence-corrected chi connectivity index (χ4v) is 3.01. The van der Waals surface area contributed by atoms with Gasteiger partial charge in [-0.15, -0.1) is 0 Å². The number of nitrogens with zero attached hydrogens (tertiary/aromatic N) is 1. The molecule has 0 bridgehead atoms. The van der Waals surface area contributed by atoms with Crippen LogP contribution >= 0.6 is 0 Å². The number of morpholine rings is 1. The molecule has 3 rings (SSSR count). The Morgan fingerprint density at radius 2 is 1.92 bits per heavy atom. The van der Waals surface area contributed by atoms with Gasteiger partial charge in [0.1, 0.15) is 5.75 Å². The molecule has 1 aliphatic rings. The molecular formula is C19H20F2N2O3. The number of rotatable bonds is 4. The van der Waals surface area contributed by atoms with E-state index in [1.807, 2.05) is 0 Å². The lowest BCUT2D eigenvalue weighted by molar-refractivity contribution is -0.0236. The van der Waals surface area contributed by atoms with Crippen LogP contribution in [0.2, 0.25) is 0 Å². The summed E-state index contributed by atoms with van der Waals surface area (Å²) in [6.07, 6.45) is 0.633. The first kappa shape index (κ1) is 18.3. The van der Waals surface area contributed by atoms with E-state index < -0.39 is 11.6 Å². The number of hydrogen-bond donors (Lipinski definition) is 2. The zero-order chi connectivity index (χ0) is 18.7. The van der Waals surface area contributed by atoms with Gasteiger partial charge in [-0.2, -0.15) is 0 Å². The summed E-state index contributed by atoms with van der Waals surface area (Å²) >= 11 is 0. The first-order valence-corrected chi connectivity index (χ1v) is 8.39. The molecule has 3 N–H and O–H groups in total. The highest BCUT2D eigenvalue weighted by Crippen LogP contribution is 2.31. The lowest BCUT2D eigenvalue weighted by atomic mass is 10.0. The predicted molar refractivity (Wildman–Crippen MR) is 92.8 cm³/mol. The fourth-order valence-electron chi connectivity index (χ4n) is 3.01. The van der Waals surface area contributed by atoms with Gasteiger partial charge in [-0.05, 0) is 36.7 Å². The normalized spacial score (nSPS) is 17.3. The van der Waals surface area contributed by atoms with Gasteiger partial charge in [0.05, 0.1) is 12.7 Å². The lowest BCUT2D eigenvalue weighted by Crippen LogP contribution is -2.46. The first-order chi connectivity index (χ1) is 12.5. The summed E-state index contributed by atoms with van der Waals surface area (Å²) < 4.78 is 32.1. The van der Waals surface area contributed by atoms with E-state index in [0.717, 1.165) is 12.1 Å². The smallest absolute Gasteiger partial charge is 0.254 e. The number of benzene rings is 2. The standard InChI is InChI=1S/C19H20F2N2O3/c20-16-9-15(18(24)10-17(16)21)12-1-3-13(4-2-12)19(25)23-7-8-26-14(11-23)5-6-22/h1-4,9-10,14,24H,5-8,11,22H2/t14-/m0/s1. The van der Waals surface area contributed by atoms with E-state index in [0.29, 0.717) is 43.8 Å². The molecule has 0 aliphatic carbocycles. The molecule has 26 heavy (non-hydrogen) atoms. The molecule has 7 heteroatoms. The molecule has 5 nitrogen and oxygen atoms in total. The lowest BCUT2D eigenvalue weighted by Gasteiger charge is -2.33. The molecule has 0 spiro atoms. The van der Waals surface area contributed by atoms with Crippen LogP contribution in [0.4, 0.5) is 8.78 Å². The molecule has 0 radical (unpaired) electrons. The molecular weight excluding hydrogens is 342 g/mol. The maximum atomic E-state index is 13.4. The summed E-state index contributed by atoms with van der Waals surface area (Å²) in [5.41, 5.74) is 6.67. The van der Waals surface area contributed by atoms with Crippen LogP contribution in [-0.4, -0.2) is 48.3 Å². The highest BCUT2D eigenvalue weighted by molar-refractivity contribution is 5.95. The molecule has 2 aromatic rings. The van der Waals surface area contributed by atoms with Crippen LogP contribution < -0.4 is 5.73 Å². The van der Waals surface area contributed by atoms with Crippen LogP contribution in [0.5, 0.6) is 5.75 Å². The van der Waals surface area contributed by atoms with Gasteiger partial charge >= 0.3 is 0 Å². The minimum Gasteiger partial charge on any atom is -0.507 e. The summed E-state index contributed by atoms with van der Waals surface area (Å²) in [6.45, 7) is 1.96. The van der Waals surface area contributed by atoms with Crippen molar-refractivity contribution in [1.82, 2.24) is 4.90 Å². The molecule has 1 saturated heterocycles. The second kappa shape index (κ2) is 7.80. The van der Waals surface area contributed by atoms with E-state index in [1.54, 1.807) is 29.2 Å². The number of amides is 1. The molecule has 0 saturated carbocycles. The van der Waals surface area contributed by atoms with E-state index in [2.05, 4.69) is 0 Å². The van der Waals surface area contributed by atoms with Crippen LogP contribution in [0.3, 0.4) is 0 Å². The zero-order valence-corrected chi connectivity index (χ0v) is 14.1. The SMILES string of the molecule is NCC[C@H]1CN(C(=O)c2ccc(-c3cc(F)c(F)cc3O)cc2)CCO1. The molecule has 1 fully saturated rings. The Kier molecular flexibility index (Phi) is 5.49. The van der Waals surface area contributed by atoms with Gasteiger partial charge in [0.2, 0.25) is 0 Å². The van der Waals surface area contributed by atoms with Crippen LogP contribution in [0.25, 0.3) is 11.1 Å². The average Bonchev–Trinajstić information content (AvgIpc) is 2.65. The van der Waals surface area contributed by atoms with Crippen molar-refractivity contribution in [1.29, 1.82) is 0 Å². The number of phenolic OH excluding ortho intramolecular Hbond substituents is 1. The van der Waals surface area contributed by atoms with E-state index in [4.69, 9.17) is 10.5 Å². The Morgan fingerprint density at radius 3 is 2.62 bits per heavy atom.